The number of nitrogens with one attached hydrogen (secondary N) is 6. The molecule has 0 aromatic heterocycles. The van der Waals surface area contributed by atoms with Crippen LogP contribution >= 0.6 is 0 Å². The molecule has 25 nitrogen and oxygen atoms in total. The summed E-state index contributed by atoms with van der Waals surface area (Å²) in [5.74, 6) is -7.85. The molecular weight excluding hydrogens is 1660 g/mol. The number of hydrogen-bond acceptors (Lipinski definition) is 12. The number of carbonyl (C=O) groups is 7. The van der Waals surface area contributed by atoms with Gasteiger partial charge in [-0.1, -0.05) is 78.1 Å². The number of carboxylic acid groups (broad SMARTS) is 7. The Morgan fingerprint density at radius 2 is 0.786 bits per heavy atom. The predicted octanol–water partition coefficient (Wildman–Crippen LogP) is 6.12. The minimum Gasteiger partial charge on any atom is -0.677 e. The third-order valence-electron chi connectivity index (χ3n) is 9.20. The van der Waals surface area contributed by atoms with Crippen LogP contribution in [0.4, 0.5) is 0 Å². The Balaban J connectivity index is -0.000000105. The van der Waals surface area contributed by atoms with E-state index in [0.29, 0.717) is 49.1 Å². The Kier molecular flexibility index (Phi) is 62.3. The van der Waals surface area contributed by atoms with Gasteiger partial charge in [0.2, 0.25) is 0 Å². The van der Waals surface area contributed by atoms with Crippen LogP contribution in [0.5, 0.6) is 0 Å². The molecule has 2 saturated heterocycles. The van der Waals surface area contributed by atoms with E-state index in [-0.39, 0.29) is 147 Å². The molecule has 0 spiro atoms. The van der Waals surface area contributed by atoms with Crippen molar-refractivity contribution in [2.75, 3.05) is 32.7 Å². The van der Waals surface area contributed by atoms with Gasteiger partial charge in [-0.25, -0.2) is 14.4 Å². The minimum atomic E-state index is -1.82. The second kappa shape index (κ2) is 51.1. The summed E-state index contributed by atoms with van der Waals surface area (Å²) in [6, 6.07) is 0.142. The number of aliphatic carboxylic acids is 7. The number of hydrogen-bond donors (Lipinski definition) is 8. The third-order valence-corrected chi connectivity index (χ3v) is 9.20. The molecule has 29 heteroatoms. The van der Waals surface area contributed by atoms with Gasteiger partial charge >= 0.3 is 126 Å². The molecule has 10 atom stereocenters. The molecule has 2 saturated carbocycles. The van der Waals surface area contributed by atoms with Crippen molar-refractivity contribution >= 4 is 41.8 Å². The fraction of sp³-hybridized carbons (Fsp3) is 0.780. The van der Waals surface area contributed by atoms with E-state index in [1.165, 1.54) is 39.0 Å². The second-order valence-electron chi connectivity index (χ2n) is 15.5. The maximum atomic E-state index is 9.45. The summed E-state index contributed by atoms with van der Waals surface area (Å²) in [5.41, 5.74) is 43.0. The molecule has 2 heterocycles. The van der Waals surface area contributed by atoms with Crippen LogP contribution < -0.4 is 0 Å². The molecule has 4 rings (SSSR count). The first kappa shape index (κ1) is 85.4. The first-order valence-corrected chi connectivity index (χ1v) is 21.0. The van der Waals surface area contributed by atoms with Gasteiger partial charge in [0.1, 0.15) is 18.9 Å². The van der Waals surface area contributed by atoms with E-state index < -0.39 is 60.7 Å². The molecule has 2 aliphatic carbocycles. The van der Waals surface area contributed by atoms with Gasteiger partial charge in [0.05, 0.1) is 24.4 Å². The Hall–Kier alpha value is -1.40. The fourth-order valence-electron chi connectivity index (χ4n) is 5.17. The Labute approximate surface area is 468 Å². The number of aliphatic hydroxyl groups is 1. The van der Waals surface area contributed by atoms with Gasteiger partial charge in [-0.05, 0) is 6.92 Å². The SMILES string of the molecule is CC(C)C1O[C@H](C[NH-])[C@@H](C[NH-])O1.C[C@@H](O)C(=O)O.O=C(O)C(=O)O.O=C(O)CC(=O)O.O=C(O)CC(=O)O.[CH2-]C[C@H]1OC(C(C)C)O[C@@H]1C[NH-].[CH2-][C@@H]1CCCC[C@H]1[NH-].[NH-]CC1CCC1C[NH-].[Pt+2].[Pt+2].[Pt+2].[Pt+2]. The molecule has 70 heavy (non-hydrogen) atoms. The molecule has 422 valence electrons. The molecule has 0 aromatic rings. The zero-order valence-corrected chi connectivity index (χ0v) is 48.7. The van der Waals surface area contributed by atoms with Gasteiger partial charge in [0, 0.05) is 11.8 Å². The number of aliphatic hydroxyl groups excluding tert-OH is 1. The molecule has 0 amide bonds. The molecule has 14 N–H and O–H groups in total. The van der Waals surface area contributed by atoms with Crippen LogP contribution in [0.15, 0.2) is 0 Å². The normalized spacial score (nSPS) is 23.8. The fourth-order valence-corrected chi connectivity index (χ4v) is 5.17. The zero-order chi connectivity index (χ0) is 52.3. The van der Waals surface area contributed by atoms with Crippen LogP contribution in [0.25, 0.3) is 34.4 Å². The summed E-state index contributed by atoms with van der Waals surface area (Å²) in [4.78, 5) is 65.4. The van der Waals surface area contributed by atoms with E-state index in [4.69, 9.17) is 104 Å². The molecular formula is C41H74N6O19Pt4. The van der Waals surface area contributed by atoms with Gasteiger partial charge in [-0.3, -0.25) is 19.2 Å². The van der Waals surface area contributed by atoms with Crippen LogP contribution in [-0.4, -0.2) is 165 Å². The first-order chi connectivity index (χ1) is 30.6. The summed E-state index contributed by atoms with van der Waals surface area (Å²) in [6.45, 7) is 18.7. The van der Waals surface area contributed by atoms with Crippen molar-refractivity contribution in [2.24, 2.45) is 29.6 Å². The van der Waals surface area contributed by atoms with Crippen molar-refractivity contribution in [2.45, 2.75) is 142 Å². The summed E-state index contributed by atoms with van der Waals surface area (Å²) in [7, 11) is 0. The quantitative estimate of drug-likeness (QED) is 0.0584. The topological polar surface area (TPSA) is 461 Å². The molecule has 0 aromatic carbocycles. The van der Waals surface area contributed by atoms with E-state index in [9.17, 15) is 24.0 Å². The van der Waals surface area contributed by atoms with Crippen molar-refractivity contribution < 1.29 is 178 Å². The Morgan fingerprint density at radius 1 is 0.514 bits per heavy atom. The van der Waals surface area contributed by atoms with Gasteiger partial charge in [-0.15, -0.1) is 32.7 Å². The van der Waals surface area contributed by atoms with Gasteiger partial charge in [-0.2, -0.15) is 18.4 Å². The number of rotatable bonds is 13. The molecule has 4 aliphatic rings. The van der Waals surface area contributed by atoms with Crippen LogP contribution in [0.1, 0.15) is 92.4 Å². The zero-order valence-electron chi connectivity index (χ0n) is 39.7. The van der Waals surface area contributed by atoms with Crippen molar-refractivity contribution in [3.63, 3.8) is 0 Å². The predicted molar refractivity (Wildman–Crippen MR) is 239 cm³/mol. The van der Waals surface area contributed by atoms with Gasteiger partial charge in [0.15, 0.2) is 12.6 Å². The molecule has 0 bridgehead atoms. The van der Waals surface area contributed by atoms with Crippen LogP contribution in [0, 0.1) is 43.4 Å². The van der Waals surface area contributed by atoms with E-state index in [1.807, 2.05) is 13.8 Å². The van der Waals surface area contributed by atoms with Crippen LogP contribution in [0.2, 0.25) is 0 Å². The van der Waals surface area contributed by atoms with E-state index in [1.54, 1.807) is 0 Å². The summed E-state index contributed by atoms with van der Waals surface area (Å²) in [5, 5.41) is 61.4. The van der Waals surface area contributed by atoms with Crippen molar-refractivity contribution in [3.8, 4) is 0 Å². The summed E-state index contributed by atoms with van der Waals surface area (Å²) < 4.78 is 22.0. The van der Waals surface area contributed by atoms with Crippen LogP contribution in [0.3, 0.4) is 0 Å². The third kappa shape index (κ3) is 46.4. The minimum absolute atomic E-state index is 0. The van der Waals surface area contributed by atoms with Crippen molar-refractivity contribution in [3.05, 3.63) is 48.2 Å². The van der Waals surface area contributed by atoms with Gasteiger partial charge in [0.25, 0.3) is 0 Å². The van der Waals surface area contributed by atoms with Crippen molar-refractivity contribution in [1.82, 2.24) is 0 Å². The standard InChI is InChI=1S/C9H17NO2.C8H16N2O2.C7H13N.C6H12N2.2C3H4O4.C3H6O3.C2H2O4.4Pt/c1-4-7-8(5-10)12-9(11-7)6(2)3;1-5(2)8-11-6(3-9)7(4-10)12-8;1-6-4-2-3-5-7(6)8;7-3-5-1-2-6(5)4-8;2*4-2(5)1-3(6)7;1-2(4)3(5)6;3-1(4)2(5)6;;;;/h6-10H,1,4-5H2,2-3H3;5-10H,3-4H2,1-2H3;6-8H,1-5H2;5-8H,1-4H2;2*1H2,(H,4,5)(H,6,7);2,4H,1H3,(H,5,6);(H,3,4)(H,5,6);;;;/q4*-2;;;;;4*+2/t7-,8-,9?;2*6-,7-;;;;2-;;;;;/m111...1...../s1. The molecule has 4 fully saturated rings. The smallest absolute Gasteiger partial charge is 0.677 e. The van der Waals surface area contributed by atoms with Crippen molar-refractivity contribution in [1.29, 1.82) is 0 Å². The summed E-state index contributed by atoms with van der Waals surface area (Å²) in [6.07, 6.45) is 4.25. The maximum Gasteiger partial charge on any atom is 2.00 e. The first-order valence-electron chi connectivity index (χ1n) is 21.0. The van der Waals surface area contributed by atoms with E-state index in [2.05, 4.69) is 27.7 Å². The number of carboxylic acids is 7. The number of ether oxygens (including phenoxy) is 4. The Bertz CT molecular complexity index is 1240. The van der Waals surface area contributed by atoms with Gasteiger partial charge < -0.3 is 108 Å². The van der Waals surface area contributed by atoms with E-state index in [0.717, 1.165) is 6.42 Å². The monoisotopic (exact) mass is 1730 g/mol. The second-order valence-corrected chi connectivity index (χ2v) is 15.5. The van der Waals surface area contributed by atoms with E-state index >= 15 is 0 Å². The summed E-state index contributed by atoms with van der Waals surface area (Å²) >= 11 is 0. The molecule has 3 unspecified atom stereocenters. The van der Waals surface area contributed by atoms with Crippen LogP contribution in [-0.2, 0) is 137 Å². The molecule has 2 aliphatic heterocycles. The Morgan fingerprint density at radius 3 is 0.914 bits per heavy atom. The average Bonchev–Trinajstić information content (AvgIpc) is 3.84. The average molecular weight is 1740 g/mol. The largest absolute Gasteiger partial charge is 2.00 e. The maximum absolute atomic E-state index is 9.45. The molecule has 0 radical (unpaired) electrons.